The molecule has 1 heterocycles. The van der Waals surface area contributed by atoms with E-state index in [1.807, 2.05) is 0 Å². The van der Waals surface area contributed by atoms with Crippen molar-refractivity contribution in [2.45, 2.75) is 13.3 Å². The molecule has 0 aliphatic heterocycles. The lowest BCUT2D eigenvalue weighted by atomic mass is 10.2. The van der Waals surface area contributed by atoms with Crippen molar-refractivity contribution in [2.75, 3.05) is 6.61 Å². The first-order valence-corrected chi connectivity index (χ1v) is 6.01. The second-order valence-electron chi connectivity index (χ2n) is 3.16. The SMILES string of the molecule is CCOC(=O)c1c(OC(F)(F)F)ncc([N+](=O)[O-])c1I. The number of ether oxygens (including phenoxy) is 2. The van der Waals surface area contributed by atoms with Crippen LogP contribution >= 0.6 is 22.6 Å². The van der Waals surface area contributed by atoms with Crippen LogP contribution in [0.2, 0.25) is 0 Å². The number of hydrogen-bond acceptors (Lipinski definition) is 6. The van der Waals surface area contributed by atoms with Gasteiger partial charge in [0.05, 0.1) is 11.5 Å². The predicted molar refractivity (Wildman–Crippen MR) is 66.2 cm³/mol. The first-order valence-electron chi connectivity index (χ1n) is 4.93. The standard InChI is InChI=1S/C9H6F3IN2O5/c1-2-19-8(16)5-6(13)4(15(17)18)3-14-7(5)20-9(10,11)12/h3H,2H2,1H3. The van der Waals surface area contributed by atoms with Crippen molar-refractivity contribution >= 4 is 34.2 Å². The van der Waals surface area contributed by atoms with E-state index in [0.717, 1.165) is 0 Å². The van der Waals surface area contributed by atoms with Crippen LogP contribution in [-0.4, -0.2) is 28.8 Å². The van der Waals surface area contributed by atoms with Crippen molar-refractivity contribution in [1.29, 1.82) is 0 Å². The van der Waals surface area contributed by atoms with E-state index in [4.69, 9.17) is 0 Å². The van der Waals surface area contributed by atoms with Gasteiger partial charge in [-0.3, -0.25) is 10.1 Å². The molecule has 0 aliphatic carbocycles. The highest BCUT2D eigenvalue weighted by Crippen LogP contribution is 2.32. The molecule has 0 saturated carbocycles. The first-order chi connectivity index (χ1) is 9.17. The summed E-state index contributed by atoms with van der Waals surface area (Å²) < 4.78 is 44.4. The average molecular weight is 406 g/mol. The second kappa shape index (κ2) is 6.19. The van der Waals surface area contributed by atoms with E-state index >= 15 is 0 Å². The van der Waals surface area contributed by atoms with Gasteiger partial charge in [-0.25, -0.2) is 9.78 Å². The normalized spacial score (nSPS) is 11.1. The monoisotopic (exact) mass is 406 g/mol. The van der Waals surface area contributed by atoms with Crippen LogP contribution in [0.1, 0.15) is 17.3 Å². The third-order valence-corrected chi connectivity index (χ3v) is 2.94. The number of alkyl halides is 3. The lowest BCUT2D eigenvalue weighted by molar-refractivity contribution is -0.386. The number of esters is 1. The fraction of sp³-hybridized carbons (Fsp3) is 0.333. The molecule has 0 fully saturated rings. The summed E-state index contributed by atoms with van der Waals surface area (Å²) in [4.78, 5) is 24.6. The predicted octanol–water partition coefficient (Wildman–Crippen LogP) is 2.67. The summed E-state index contributed by atoms with van der Waals surface area (Å²) >= 11 is 1.36. The van der Waals surface area contributed by atoms with E-state index in [1.54, 1.807) is 0 Å². The van der Waals surface area contributed by atoms with Crippen LogP contribution in [0.25, 0.3) is 0 Å². The Balaban J connectivity index is 3.41. The molecule has 0 amide bonds. The molecule has 0 N–H and O–H groups in total. The van der Waals surface area contributed by atoms with Crippen molar-refractivity contribution in [3.8, 4) is 5.88 Å². The molecule has 11 heteroatoms. The summed E-state index contributed by atoms with van der Waals surface area (Å²) in [5.74, 6) is -2.28. The van der Waals surface area contributed by atoms with Crippen LogP contribution in [-0.2, 0) is 4.74 Å². The van der Waals surface area contributed by atoms with Gasteiger partial charge in [0.15, 0.2) is 0 Å². The highest BCUT2D eigenvalue weighted by atomic mass is 127. The number of pyridine rings is 1. The van der Waals surface area contributed by atoms with Crippen molar-refractivity contribution in [3.05, 3.63) is 25.4 Å². The Hall–Kier alpha value is -1.66. The number of halogens is 4. The molecule has 7 nitrogen and oxygen atoms in total. The summed E-state index contributed by atoms with van der Waals surface area (Å²) in [6.07, 6.45) is -4.51. The zero-order valence-corrected chi connectivity index (χ0v) is 11.9. The van der Waals surface area contributed by atoms with Gasteiger partial charge in [0, 0.05) is 0 Å². The minimum absolute atomic E-state index is 0.122. The molecule has 1 aromatic rings. The van der Waals surface area contributed by atoms with Crippen LogP contribution in [0.15, 0.2) is 6.20 Å². The number of rotatable bonds is 4. The first kappa shape index (κ1) is 16.4. The highest BCUT2D eigenvalue weighted by molar-refractivity contribution is 14.1. The molecule has 0 aromatic carbocycles. The van der Waals surface area contributed by atoms with Gasteiger partial charge in [-0.15, -0.1) is 13.2 Å². The molecular weight excluding hydrogens is 400 g/mol. The Labute approximate surface area is 123 Å². The molecule has 0 bridgehead atoms. The maximum Gasteiger partial charge on any atom is 0.574 e. The quantitative estimate of drug-likeness (QED) is 0.331. The lowest BCUT2D eigenvalue weighted by Gasteiger charge is -2.12. The fourth-order valence-corrected chi connectivity index (χ4v) is 1.94. The number of nitro groups is 1. The Morgan fingerprint density at radius 1 is 1.55 bits per heavy atom. The number of nitrogens with zero attached hydrogens (tertiary/aromatic N) is 2. The van der Waals surface area contributed by atoms with Crippen LogP contribution in [0, 0.1) is 13.7 Å². The van der Waals surface area contributed by atoms with Crippen LogP contribution in [0.4, 0.5) is 18.9 Å². The molecule has 0 radical (unpaired) electrons. The molecule has 0 saturated heterocycles. The van der Waals surface area contributed by atoms with E-state index < -0.39 is 34.4 Å². The number of carbonyl (C=O) groups excluding carboxylic acids is 1. The molecule has 0 unspecified atom stereocenters. The van der Waals surface area contributed by atoms with Gasteiger partial charge in [0.1, 0.15) is 15.3 Å². The lowest BCUT2D eigenvalue weighted by Crippen LogP contribution is -2.21. The van der Waals surface area contributed by atoms with Crippen LogP contribution < -0.4 is 4.74 Å². The second-order valence-corrected chi connectivity index (χ2v) is 4.24. The Bertz CT molecular complexity index is 549. The summed E-state index contributed by atoms with van der Waals surface area (Å²) in [6.45, 7) is 1.31. The topological polar surface area (TPSA) is 91.6 Å². The minimum atomic E-state index is -5.09. The van der Waals surface area contributed by atoms with E-state index in [0.29, 0.717) is 6.20 Å². The maximum absolute atomic E-state index is 12.2. The van der Waals surface area contributed by atoms with E-state index in [-0.39, 0.29) is 10.2 Å². The van der Waals surface area contributed by atoms with Gasteiger partial charge < -0.3 is 9.47 Å². The minimum Gasteiger partial charge on any atom is -0.462 e. The summed E-state index contributed by atoms with van der Waals surface area (Å²) in [5, 5.41) is 10.7. The van der Waals surface area contributed by atoms with Gasteiger partial charge in [-0.1, -0.05) is 0 Å². The van der Waals surface area contributed by atoms with Crippen molar-refractivity contribution in [1.82, 2.24) is 4.98 Å². The Kier molecular flexibility index (Phi) is 5.08. The van der Waals surface area contributed by atoms with Gasteiger partial charge in [-0.2, -0.15) is 0 Å². The highest BCUT2D eigenvalue weighted by Gasteiger charge is 2.36. The van der Waals surface area contributed by atoms with Gasteiger partial charge in [0.25, 0.3) is 0 Å². The Morgan fingerprint density at radius 3 is 2.60 bits per heavy atom. The fourth-order valence-electron chi connectivity index (χ4n) is 1.16. The number of carbonyl (C=O) groups is 1. The molecule has 0 aliphatic rings. The van der Waals surface area contributed by atoms with Gasteiger partial charge in [0.2, 0.25) is 5.88 Å². The Morgan fingerprint density at radius 2 is 2.15 bits per heavy atom. The third kappa shape index (κ3) is 3.91. The summed E-state index contributed by atoms with van der Waals surface area (Å²) in [6, 6.07) is 0. The summed E-state index contributed by atoms with van der Waals surface area (Å²) in [5.41, 5.74) is -1.36. The van der Waals surface area contributed by atoms with E-state index in [1.165, 1.54) is 29.5 Å². The summed E-state index contributed by atoms with van der Waals surface area (Å²) in [7, 11) is 0. The number of hydrogen-bond donors (Lipinski definition) is 0. The largest absolute Gasteiger partial charge is 0.574 e. The molecule has 20 heavy (non-hydrogen) atoms. The van der Waals surface area contributed by atoms with Crippen LogP contribution in [0.5, 0.6) is 5.88 Å². The van der Waals surface area contributed by atoms with Crippen molar-refractivity contribution in [3.63, 3.8) is 0 Å². The zero-order valence-electron chi connectivity index (χ0n) is 9.73. The smallest absolute Gasteiger partial charge is 0.462 e. The molecule has 0 spiro atoms. The molecule has 0 atom stereocenters. The van der Waals surface area contributed by atoms with Gasteiger partial charge >= 0.3 is 18.0 Å². The van der Waals surface area contributed by atoms with Crippen molar-refractivity contribution in [2.24, 2.45) is 0 Å². The molecular formula is C9H6F3IN2O5. The maximum atomic E-state index is 12.2. The molecule has 1 rings (SSSR count). The van der Waals surface area contributed by atoms with Crippen LogP contribution in [0.3, 0.4) is 0 Å². The van der Waals surface area contributed by atoms with E-state index in [2.05, 4.69) is 14.5 Å². The zero-order chi connectivity index (χ0) is 15.5. The third-order valence-electron chi connectivity index (χ3n) is 1.85. The van der Waals surface area contributed by atoms with E-state index in [9.17, 15) is 28.1 Å². The molecule has 1 aromatic heterocycles. The average Bonchev–Trinajstić information content (AvgIpc) is 2.26. The van der Waals surface area contributed by atoms with Crippen molar-refractivity contribution < 1.29 is 32.4 Å². The number of aromatic nitrogens is 1. The van der Waals surface area contributed by atoms with Gasteiger partial charge in [-0.05, 0) is 29.5 Å². The molecule has 110 valence electrons.